The number of aryl methyl sites for hydroxylation is 1. The van der Waals surface area contributed by atoms with E-state index in [0.717, 1.165) is 6.42 Å². The van der Waals surface area contributed by atoms with E-state index in [1.807, 2.05) is 0 Å². The lowest BCUT2D eigenvalue weighted by Gasteiger charge is -2.36. The highest BCUT2D eigenvalue weighted by atomic mass is 19.4. The minimum absolute atomic E-state index is 0.0354. The molecule has 1 fully saturated rings. The third-order valence-electron chi connectivity index (χ3n) is 4.49. The Kier molecular flexibility index (Phi) is 5.58. The summed E-state index contributed by atoms with van der Waals surface area (Å²) >= 11 is 0. The molecule has 0 spiro atoms. The third kappa shape index (κ3) is 4.74. The molecular formula is C17H19F3N2O4. The van der Waals surface area contributed by atoms with Crippen LogP contribution in [0.5, 0.6) is 0 Å². The smallest absolute Gasteiger partial charge is 0.405 e. The van der Waals surface area contributed by atoms with E-state index >= 15 is 0 Å². The standard InChI is InChI=1S/C17H19F3N2O4/c1-10-3-4-11(14(24)21-9-17(18,19)20)7-12(10)22-13(23)8-16(15(25)26)5-2-6-16/h3-4,7H,2,5-6,8-9H2,1H3,(H,21,24)(H,22,23)(H,25,26). The number of amides is 2. The number of alkyl halides is 3. The summed E-state index contributed by atoms with van der Waals surface area (Å²) < 4.78 is 36.6. The number of carboxylic acid groups (broad SMARTS) is 1. The molecule has 0 unspecified atom stereocenters. The van der Waals surface area contributed by atoms with Gasteiger partial charge in [-0.05, 0) is 37.5 Å². The highest BCUT2D eigenvalue weighted by Gasteiger charge is 2.45. The molecule has 0 heterocycles. The van der Waals surface area contributed by atoms with Crippen molar-refractivity contribution in [3.63, 3.8) is 0 Å². The second-order valence-corrected chi connectivity index (χ2v) is 6.49. The fourth-order valence-corrected chi connectivity index (χ4v) is 2.75. The molecule has 26 heavy (non-hydrogen) atoms. The lowest BCUT2D eigenvalue weighted by Crippen LogP contribution is -2.41. The van der Waals surface area contributed by atoms with Gasteiger partial charge in [0.15, 0.2) is 0 Å². The van der Waals surface area contributed by atoms with Crippen LogP contribution in [0, 0.1) is 12.3 Å². The Morgan fingerprint density at radius 3 is 2.38 bits per heavy atom. The summed E-state index contributed by atoms with van der Waals surface area (Å²) in [6.07, 6.45) is -3.12. The average molecular weight is 372 g/mol. The Morgan fingerprint density at radius 2 is 1.88 bits per heavy atom. The maximum atomic E-state index is 12.2. The molecule has 0 saturated heterocycles. The van der Waals surface area contributed by atoms with Crippen molar-refractivity contribution < 1.29 is 32.7 Å². The Balaban J connectivity index is 2.06. The molecule has 1 aliphatic carbocycles. The summed E-state index contributed by atoms with van der Waals surface area (Å²) in [6.45, 7) is 0.200. The number of carbonyl (C=O) groups is 3. The van der Waals surface area contributed by atoms with E-state index in [1.54, 1.807) is 12.2 Å². The van der Waals surface area contributed by atoms with Crippen LogP contribution < -0.4 is 10.6 Å². The summed E-state index contributed by atoms with van der Waals surface area (Å²) in [5.74, 6) is -2.45. The van der Waals surface area contributed by atoms with Crippen molar-refractivity contribution in [3.8, 4) is 0 Å². The first kappa shape index (κ1) is 19.7. The van der Waals surface area contributed by atoms with Crippen LogP contribution in [0.25, 0.3) is 0 Å². The van der Waals surface area contributed by atoms with Crippen molar-refractivity contribution in [2.24, 2.45) is 5.41 Å². The number of benzene rings is 1. The van der Waals surface area contributed by atoms with Crippen LogP contribution in [-0.2, 0) is 9.59 Å². The number of hydrogen-bond donors (Lipinski definition) is 3. The Morgan fingerprint density at radius 1 is 1.23 bits per heavy atom. The molecule has 0 radical (unpaired) electrons. The van der Waals surface area contributed by atoms with Crippen LogP contribution in [0.4, 0.5) is 18.9 Å². The van der Waals surface area contributed by atoms with Crippen molar-refractivity contribution in [3.05, 3.63) is 29.3 Å². The average Bonchev–Trinajstić information content (AvgIpc) is 2.49. The first-order valence-electron chi connectivity index (χ1n) is 8.01. The van der Waals surface area contributed by atoms with Gasteiger partial charge >= 0.3 is 12.1 Å². The van der Waals surface area contributed by atoms with E-state index in [0.29, 0.717) is 18.4 Å². The largest absolute Gasteiger partial charge is 0.481 e. The van der Waals surface area contributed by atoms with Gasteiger partial charge in [0.25, 0.3) is 5.91 Å². The van der Waals surface area contributed by atoms with E-state index in [9.17, 15) is 32.7 Å². The number of halogens is 3. The molecular weight excluding hydrogens is 353 g/mol. The van der Waals surface area contributed by atoms with E-state index < -0.39 is 35.9 Å². The van der Waals surface area contributed by atoms with Gasteiger partial charge in [0.2, 0.25) is 5.91 Å². The van der Waals surface area contributed by atoms with Gasteiger partial charge in [-0.2, -0.15) is 13.2 Å². The van der Waals surface area contributed by atoms with Gasteiger partial charge in [0.1, 0.15) is 6.54 Å². The second kappa shape index (κ2) is 7.35. The van der Waals surface area contributed by atoms with Gasteiger partial charge in [-0.25, -0.2) is 0 Å². The number of carbonyl (C=O) groups excluding carboxylic acids is 2. The van der Waals surface area contributed by atoms with Gasteiger partial charge in [0.05, 0.1) is 5.41 Å². The van der Waals surface area contributed by atoms with Crippen molar-refractivity contribution in [1.82, 2.24) is 5.32 Å². The molecule has 1 aromatic carbocycles. The molecule has 0 atom stereocenters. The van der Waals surface area contributed by atoms with Crippen LogP contribution in [0.2, 0.25) is 0 Å². The molecule has 1 aromatic rings. The molecule has 1 saturated carbocycles. The fraction of sp³-hybridized carbons (Fsp3) is 0.471. The normalized spacial score (nSPS) is 15.7. The number of carboxylic acids is 1. The lowest BCUT2D eigenvalue weighted by atomic mass is 9.66. The van der Waals surface area contributed by atoms with E-state index in [2.05, 4.69) is 5.32 Å². The number of rotatable bonds is 6. The summed E-state index contributed by atoms with van der Waals surface area (Å²) in [5.41, 5.74) is -0.232. The number of nitrogens with one attached hydrogen (secondary N) is 2. The monoisotopic (exact) mass is 372 g/mol. The third-order valence-corrected chi connectivity index (χ3v) is 4.49. The lowest BCUT2D eigenvalue weighted by molar-refractivity contribution is -0.157. The van der Waals surface area contributed by atoms with E-state index in [4.69, 9.17) is 0 Å². The van der Waals surface area contributed by atoms with Crippen molar-refractivity contribution in [2.45, 2.75) is 38.8 Å². The molecule has 0 aromatic heterocycles. The highest BCUT2D eigenvalue weighted by Crippen LogP contribution is 2.44. The van der Waals surface area contributed by atoms with E-state index in [-0.39, 0.29) is 17.7 Å². The van der Waals surface area contributed by atoms with Gasteiger partial charge in [-0.3, -0.25) is 14.4 Å². The predicted octanol–water partition coefficient (Wildman–Crippen LogP) is 2.87. The minimum Gasteiger partial charge on any atom is -0.481 e. The zero-order valence-corrected chi connectivity index (χ0v) is 14.1. The maximum Gasteiger partial charge on any atom is 0.405 e. The molecule has 2 rings (SSSR count). The zero-order valence-electron chi connectivity index (χ0n) is 14.1. The van der Waals surface area contributed by atoms with Crippen LogP contribution in [0.15, 0.2) is 18.2 Å². The van der Waals surface area contributed by atoms with Gasteiger partial charge in [-0.1, -0.05) is 12.5 Å². The maximum absolute atomic E-state index is 12.2. The second-order valence-electron chi connectivity index (χ2n) is 6.49. The Hall–Kier alpha value is -2.58. The van der Waals surface area contributed by atoms with Gasteiger partial charge in [-0.15, -0.1) is 0 Å². The molecule has 0 bridgehead atoms. The molecule has 3 N–H and O–H groups in total. The quantitative estimate of drug-likeness (QED) is 0.716. The first-order chi connectivity index (χ1) is 12.0. The molecule has 0 aliphatic heterocycles. The molecule has 1 aliphatic rings. The Labute approximate surface area is 147 Å². The number of hydrogen-bond acceptors (Lipinski definition) is 3. The van der Waals surface area contributed by atoms with Crippen LogP contribution >= 0.6 is 0 Å². The van der Waals surface area contributed by atoms with Crippen LogP contribution in [0.3, 0.4) is 0 Å². The summed E-state index contributed by atoms with van der Waals surface area (Å²) in [4.78, 5) is 35.3. The number of anilines is 1. The fourth-order valence-electron chi connectivity index (χ4n) is 2.75. The predicted molar refractivity (Wildman–Crippen MR) is 86.7 cm³/mol. The van der Waals surface area contributed by atoms with Crippen molar-refractivity contribution >= 4 is 23.5 Å². The van der Waals surface area contributed by atoms with E-state index in [1.165, 1.54) is 18.2 Å². The molecule has 2 amide bonds. The molecule has 142 valence electrons. The minimum atomic E-state index is -4.52. The zero-order chi connectivity index (χ0) is 19.5. The Bertz CT molecular complexity index is 727. The number of aliphatic carboxylic acids is 1. The van der Waals surface area contributed by atoms with Gasteiger partial charge in [0, 0.05) is 17.7 Å². The van der Waals surface area contributed by atoms with Crippen LogP contribution in [-0.4, -0.2) is 35.6 Å². The summed E-state index contributed by atoms with van der Waals surface area (Å²) in [6, 6.07) is 4.11. The van der Waals surface area contributed by atoms with Crippen molar-refractivity contribution in [2.75, 3.05) is 11.9 Å². The highest BCUT2D eigenvalue weighted by molar-refractivity contribution is 5.98. The van der Waals surface area contributed by atoms with Gasteiger partial charge < -0.3 is 15.7 Å². The summed E-state index contributed by atoms with van der Waals surface area (Å²) in [5, 5.41) is 13.6. The van der Waals surface area contributed by atoms with Crippen molar-refractivity contribution in [1.29, 1.82) is 0 Å². The SMILES string of the molecule is Cc1ccc(C(=O)NCC(F)(F)F)cc1NC(=O)CC1(C(=O)O)CCC1. The summed E-state index contributed by atoms with van der Waals surface area (Å²) in [7, 11) is 0. The molecule has 9 heteroatoms. The first-order valence-corrected chi connectivity index (χ1v) is 8.01. The van der Waals surface area contributed by atoms with Crippen LogP contribution in [0.1, 0.15) is 41.6 Å². The topological polar surface area (TPSA) is 95.5 Å². The molecule has 6 nitrogen and oxygen atoms in total.